The molecule has 146 valence electrons. The summed E-state index contributed by atoms with van der Waals surface area (Å²) in [5.41, 5.74) is 7.66. The standard InChI is InChI=1S/C19H20ClN5O3/c1-10(13-6-12(20)5-11-7-19(2,9-21)28-16(11)13)23-15-3-4-25-17(24-15)14(8-22-25)18(26)27/h3-6,8,10H,7,9,21H2,1-2H3,(H,23,24)(H,26,27)/t10-,19?/m1/s1. The van der Waals surface area contributed by atoms with Gasteiger partial charge in [0.15, 0.2) is 5.65 Å². The number of ether oxygens (including phenoxy) is 1. The fourth-order valence-electron chi connectivity index (χ4n) is 3.45. The minimum atomic E-state index is -1.07. The van der Waals surface area contributed by atoms with Gasteiger partial charge in [-0.05, 0) is 32.0 Å². The Morgan fingerprint density at radius 3 is 3.04 bits per heavy atom. The molecule has 9 heteroatoms. The number of anilines is 1. The highest BCUT2D eigenvalue weighted by Crippen LogP contribution is 2.42. The molecule has 3 heterocycles. The van der Waals surface area contributed by atoms with Gasteiger partial charge in [0.25, 0.3) is 0 Å². The van der Waals surface area contributed by atoms with Crippen molar-refractivity contribution in [3.8, 4) is 5.75 Å². The van der Waals surface area contributed by atoms with E-state index in [2.05, 4.69) is 15.4 Å². The smallest absolute Gasteiger partial charge is 0.341 e. The van der Waals surface area contributed by atoms with E-state index in [1.807, 2.05) is 26.0 Å². The van der Waals surface area contributed by atoms with Gasteiger partial charge in [0.05, 0.1) is 12.2 Å². The molecule has 0 amide bonds. The van der Waals surface area contributed by atoms with E-state index < -0.39 is 11.6 Å². The molecule has 0 bridgehead atoms. The van der Waals surface area contributed by atoms with Crippen molar-refractivity contribution >= 4 is 29.0 Å². The molecular formula is C19H20ClN5O3. The highest BCUT2D eigenvalue weighted by molar-refractivity contribution is 6.30. The summed E-state index contributed by atoms with van der Waals surface area (Å²) in [4.78, 5) is 15.7. The first kappa shape index (κ1) is 18.5. The van der Waals surface area contributed by atoms with Gasteiger partial charge in [0.2, 0.25) is 0 Å². The van der Waals surface area contributed by atoms with Crippen LogP contribution in [0.25, 0.3) is 5.65 Å². The zero-order valence-corrected chi connectivity index (χ0v) is 16.2. The molecule has 0 aliphatic carbocycles. The second-order valence-electron chi connectivity index (χ2n) is 7.23. The summed E-state index contributed by atoms with van der Waals surface area (Å²) >= 11 is 6.32. The van der Waals surface area contributed by atoms with E-state index >= 15 is 0 Å². The molecule has 0 fully saturated rings. The minimum absolute atomic E-state index is 0.0435. The predicted octanol–water partition coefficient (Wildman–Crippen LogP) is 2.91. The summed E-state index contributed by atoms with van der Waals surface area (Å²) < 4.78 is 7.58. The van der Waals surface area contributed by atoms with Gasteiger partial charge in [-0.3, -0.25) is 0 Å². The molecule has 4 rings (SSSR count). The monoisotopic (exact) mass is 401 g/mol. The van der Waals surface area contributed by atoms with Gasteiger partial charge in [-0.2, -0.15) is 5.10 Å². The van der Waals surface area contributed by atoms with Crippen molar-refractivity contribution in [1.82, 2.24) is 14.6 Å². The number of nitrogens with two attached hydrogens (primary N) is 1. The molecule has 0 saturated heterocycles. The van der Waals surface area contributed by atoms with Crippen LogP contribution in [0.3, 0.4) is 0 Å². The van der Waals surface area contributed by atoms with Crippen LogP contribution in [-0.4, -0.2) is 37.8 Å². The van der Waals surface area contributed by atoms with Crippen LogP contribution in [0.2, 0.25) is 5.02 Å². The van der Waals surface area contributed by atoms with Gasteiger partial charge in [-0.1, -0.05) is 11.6 Å². The molecule has 2 atom stereocenters. The molecule has 1 aliphatic heterocycles. The van der Waals surface area contributed by atoms with Gasteiger partial charge in [-0.25, -0.2) is 14.3 Å². The van der Waals surface area contributed by atoms with Gasteiger partial charge >= 0.3 is 5.97 Å². The highest BCUT2D eigenvalue weighted by Gasteiger charge is 2.36. The van der Waals surface area contributed by atoms with Crippen LogP contribution in [0, 0.1) is 0 Å². The van der Waals surface area contributed by atoms with Crippen LogP contribution in [0.4, 0.5) is 5.82 Å². The molecule has 2 aromatic heterocycles. The first-order valence-electron chi connectivity index (χ1n) is 8.85. The number of hydrogen-bond acceptors (Lipinski definition) is 6. The minimum Gasteiger partial charge on any atom is -0.485 e. The number of aromatic nitrogens is 3. The Morgan fingerprint density at radius 1 is 1.54 bits per heavy atom. The maximum absolute atomic E-state index is 11.3. The molecule has 0 radical (unpaired) electrons. The lowest BCUT2D eigenvalue weighted by Crippen LogP contribution is -2.39. The summed E-state index contributed by atoms with van der Waals surface area (Å²) in [6.07, 6.45) is 3.64. The SMILES string of the molecule is C[C@@H](Nc1ccn2ncc(C(=O)O)c2n1)c1cc(Cl)cc2c1OC(C)(CN)C2. The zero-order valence-electron chi connectivity index (χ0n) is 15.4. The van der Waals surface area contributed by atoms with Crippen LogP contribution in [0.15, 0.2) is 30.6 Å². The second-order valence-corrected chi connectivity index (χ2v) is 7.66. The Labute approximate surface area is 166 Å². The zero-order chi connectivity index (χ0) is 20.1. The quantitative estimate of drug-likeness (QED) is 0.602. The number of benzene rings is 1. The largest absolute Gasteiger partial charge is 0.485 e. The molecule has 3 aromatic rings. The topological polar surface area (TPSA) is 115 Å². The summed E-state index contributed by atoms with van der Waals surface area (Å²) in [7, 11) is 0. The van der Waals surface area contributed by atoms with Crippen molar-refractivity contribution in [2.24, 2.45) is 5.73 Å². The molecule has 1 aromatic carbocycles. The molecule has 1 unspecified atom stereocenters. The number of hydrogen-bond donors (Lipinski definition) is 3. The molecule has 28 heavy (non-hydrogen) atoms. The number of carboxylic acids is 1. The van der Waals surface area contributed by atoms with E-state index in [0.29, 0.717) is 23.8 Å². The van der Waals surface area contributed by atoms with Crippen molar-refractivity contribution in [2.75, 3.05) is 11.9 Å². The normalized spacial score (nSPS) is 19.3. The van der Waals surface area contributed by atoms with Crippen molar-refractivity contribution in [3.63, 3.8) is 0 Å². The molecule has 1 aliphatic rings. The van der Waals surface area contributed by atoms with Crippen LogP contribution in [0.5, 0.6) is 5.75 Å². The Morgan fingerprint density at radius 2 is 2.32 bits per heavy atom. The lowest BCUT2D eigenvalue weighted by molar-refractivity contribution is 0.0698. The van der Waals surface area contributed by atoms with Crippen LogP contribution >= 0.6 is 11.6 Å². The number of fused-ring (bicyclic) bond motifs is 2. The lowest BCUT2D eigenvalue weighted by atomic mass is 9.97. The second kappa shape index (κ2) is 6.65. The number of halogens is 1. The van der Waals surface area contributed by atoms with Crippen molar-refractivity contribution < 1.29 is 14.6 Å². The van der Waals surface area contributed by atoms with Crippen LogP contribution < -0.4 is 15.8 Å². The fourth-order valence-corrected chi connectivity index (χ4v) is 3.70. The Hall–Kier alpha value is -2.84. The molecule has 4 N–H and O–H groups in total. The maximum Gasteiger partial charge on any atom is 0.341 e. The van der Waals surface area contributed by atoms with E-state index in [1.165, 1.54) is 10.7 Å². The van der Waals surface area contributed by atoms with Crippen LogP contribution in [-0.2, 0) is 6.42 Å². The third kappa shape index (κ3) is 3.14. The number of nitrogens with one attached hydrogen (secondary N) is 1. The molecule has 0 saturated carbocycles. The Bertz CT molecular complexity index is 1080. The van der Waals surface area contributed by atoms with Gasteiger partial charge < -0.3 is 20.9 Å². The van der Waals surface area contributed by atoms with E-state index in [4.69, 9.17) is 22.1 Å². The fraction of sp³-hybridized carbons (Fsp3) is 0.316. The molecular weight excluding hydrogens is 382 g/mol. The average Bonchev–Trinajstić information content (AvgIpc) is 3.21. The van der Waals surface area contributed by atoms with Crippen molar-refractivity contribution in [1.29, 1.82) is 0 Å². The number of carbonyl (C=O) groups is 1. The summed E-state index contributed by atoms with van der Waals surface area (Å²) in [6, 6.07) is 5.32. The Balaban J connectivity index is 1.67. The first-order valence-corrected chi connectivity index (χ1v) is 9.23. The lowest BCUT2D eigenvalue weighted by Gasteiger charge is -2.23. The average molecular weight is 402 g/mol. The number of carboxylic acid groups (broad SMARTS) is 1. The number of nitrogens with zero attached hydrogens (tertiary/aromatic N) is 3. The van der Waals surface area contributed by atoms with Crippen molar-refractivity contribution in [3.05, 3.63) is 52.3 Å². The molecule has 0 spiro atoms. The summed E-state index contributed by atoms with van der Waals surface area (Å²) in [5, 5.41) is 17.2. The third-order valence-electron chi connectivity index (χ3n) is 4.93. The van der Waals surface area contributed by atoms with Gasteiger partial charge in [0, 0.05) is 35.3 Å². The molecule has 8 nitrogen and oxygen atoms in total. The van der Waals surface area contributed by atoms with Gasteiger partial charge in [-0.15, -0.1) is 0 Å². The van der Waals surface area contributed by atoms with E-state index in [0.717, 1.165) is 16.9 Å². The summed E-state index contributed by atoms with van der Waals surface area (Å²) in [5.74, 6) is 0.236. The Kier molecular flexibility index (Phi) is 4.40. The third-order valence-corrected chi connectivity index (χ3v) is 5.15. The van der Waals surface area contributed by atoms with Crippen molar-refractivity contribution in [2.45, 2.75) is 31.9 Å². The summed E-state index contributed by atoms with van der Waals surface area (Å²) in [6.45, 7) is 4.34. The first-order chi connectivity index (χ1) is 13.3. The number of rotatable bonds is 5. The van der Waals surface area contributed by atoms with E-state index in [9.17, 15) is 9.90 Å². The highest BCUT2D eigenvalue weighted by atomic mass is 35.5. The maximum atomic E-state index is 11.3. The van der Waals surface area contributed by atoms with Crippen LogP contribution in [0.1, 0.15) is 41.4 Å². The van der Waals surface area contributed by atoms with E-state index in [-0.39, 0.29) is 17.3 Å². The van der Waals surface area contributed by atoms with E-state index in [1.54, 1.807) is 12.3 Å². The predicted molar refractivity (Wildman–Crippen MR) is 105 cm³/mol. The number of aromatic carboxylic acids is 1. The van der Waals surface area contributed by atoms with Gasteiger partial charge in [0.1, 0.15) is 22.7 Å².